The van der Waals surface area contributed by atoms with Gasteiger partial charge in [0, 0.05) is 25.5 Å². The van der Waals surface area contributed by atoms with Crippen molar-refractivity contribution in [1.29, 1.82) is 0 Å². The number of anilines is 1. The summed E-state index contributed by atoms with van der Waals surface area (Å²) in [4.78, 5) is 18.0. The highest BCUT2D eigenvalue weighted by Gasteiger charge is 2.21. The topological polar surface area (TPSA) is 60.2 Å². The molecule has 1 aliphatic heterocycles. The van der Waals surface area contributed by atoms with E-state index in [2.05, 4.69) is 15.0 Å². The molecule has 0 atom stereocenters. The molecule has 104 valence electrons. The molecule has 3 heterocycles. The number of pyridine rings is 1. The van der Waals surface area contributed by atoms with E-state index in [1.54, 1.807) is 30.2 Å². The van der Waals surface area contributed by atoms with E-state index in [9.17, 15) is 4.79 Å². The molecule has 2 aromatic heterocycles. The van der Waals surface area contributed by atoms with Gasteiger partial charge in [-0.3, -0.25) is 9.78 Å². The number of morpholine rings is 1. The molecule has 1 aliphatic rings. The lowest BCUT2D eigenvalue weighted by Gasteiger charge is -2.27. The summed E-state index contributed by atoms with van der Waals surface area (Å²) >= 11 is 0. The van der Waals surface area contributed by atoms with Crippen molar-refractivity contribution in [2.24, 2.45) is 0 Å². The van der Waals surface area contributed by atoms with Gasteiger partial charge in [-0.1, -0.05) is 0 Å². The highest BCUT2D eigenvalue weighted by Crippen LogP contribution is 2.22. The summed E-state index contributed by atoms with van der Waals surface area (Å²) in [7, 11) is 0. The van der Waals surface area contributed by atoms with Gasteiger partial charge >= 0.3 is 0 Å². The molecule has 2 aromatic rings. The first-order valence-electron chi connectivity index (χ1n) is 6.59. The number of ether oxygens (including phenoxy) is 1. The largest absolute Gasteiger partial charge is 0.378 e. The zero-order valence-corrected chi connectivity index (χ0v) is 11.3. The van der Waals surface area contributed by atoms with E-state index in [0.29, 0.717) is 18.8 Å². The first kappa shape index (κ1) is 12.8. The molecule has 1 saturated heterocycles. The number of carbonyl (C=O) groups excluding carboxylic acids is 1. The second-order valence-electron chi connectivity index (χ2n) is 4.68. The number of carbonyl (C=O) groups is 1. The van der Waals surface area contributed by atoms with Crippen molar-refractivity contribution >= 4 is 11.6 Å². The third kappa shape index (κ3) is 2.42. The van der Waals surface area contributed by atoms with Crippen LogP contribution in [0, 0.1) is 0 Å². The van der Waals surface area contributed by atoms with E-state index in [1.165, 1.54) is 0 Å². The molecule has 0 amide bonds. The van der Waals surface area contributed by atoms with Crippen molar-refractivity contribution in [3.05, 3.63) is 36.3 Å². The maximum Gasteiger partial charge on any atom is 0.165 e. The van der Waals surface area contributed by atoms with Gasteiger partial charge in [0.25, 0.3) is 0 Å². The van der Waals surface area contributed by atoms with Crippen molar-refractivity contribution in [3.63, 3.8) is 0 Å². The Morgan fingerprint density at radius 1 is 1.35 bits per heavy atom. The summed E-state index contributed by atoms with van der Waals surface area (Å²) in [5.41, 5.74) is 1.48. The minimum absolute atomic E-state index is 0.0154. The maximum atomic E-state index is 11.8. The molecule has 3 rings (SSSR count). The molecule has 0 saturated carbocycles. The lowest BCUT2D eigenvalue weighted by atomic mass is 10.2. The number of hydrogen-bond acceptors (Lipinski definition) is 5. The normalized spacial score (nSPS) is 15.3. The monoisotopic (exact) mass is 272 g/mol. The van der Waals surface area contributed by atoms with Crippen LogP contribution in [0.15, 0.2) is 30.7 Å². The maximum absolute atomic E-state index is 11.8. The van der Waals surface area contributed by atoms with Crippen molar-refractivity contribution in [1.82, 2.24) is 14.8 Å². The Morgan fingerprint density at radius 3 is 2.80 bits per heavy atom. The molecule has 0 unspecified atom stereocenters. The van der Waals surface area contributed by atoms with Crippen LogP contribution in [0.25, 0.3) is 5.69 Å². The lowest BCUT2D eigenvalue weighted by molar-refractivity contribution is 0.101. The highest BCUT2D eigenvalue weighted by atomic mass is 16.5. The second kappa shape index (κ2) is 5.42. The van der Waals surface area contributed by atoms with E-state index >= 15 is 0 Å². The first-order valence-corrected chi connectivity index (χ1v) is 6.59. The van der Waals surface area contributed by atoms with Crippen LogP contribution in [0.3, 0.4) is 0 Å². The SMILES string of the molecule is CC(=O)c1cn(-c2cccnc2)nc1N1CCOCC1. The summed E-state index contributed by atoms with van der Waals surface area (Å²) in [5, 5.41) is 4.55. The fraction of sp³-hybridized carbons (Fsp3) is 0.357. The third-order valence-electron chi connectivity index (χ3n) is 3.30. The van der Waals surface area contributed by atoms with Crippen LogP contribution >= 0.6 is 0 Å². The third-order valence-corrected chi connectivity index (χ3v) is 3.30. The van der Waals surface area contributed by atoms with Crippen molar-refractivity contribution in [3.8, 4) is 5.69 Å². The predicted octanol–water partition coefficient (Wildman–Crippen LogP) is 1.31. The highest BCUT2D eigenvalue weighted by molar-refractivity contribution is 5.98. The van der Waals surface area contributed by atoms with E-state index in [-0.39, 0.29) is 5.78 Å². The van der Waals surface area contributed by atoms with Crippen LogP contribution in [0.5, 0.6) is 0 Å². The average molecular weight is 272 g/mol. The Kier molecular flexibility index (Phi) is 3.47. The van der Waals surface area contributed by atoms with Gasteiger partial charge in [-0.05, 0) is 19.1 Å². The molecular formula is C14H16N4O2. The van der Waals surface area contributed by atoms with E-state index in [1.807, 2.05) is 12.1 Å². The van der Waals surface area contributed by atoms with E-state index in [4.69, 9.17) is 4.74 Å². The Balaban J connectivity index is 2.00. The molecule has 0 N–H and O–H groups in total. The number of Topliss-reactive ketones (excluding diaryl/α,β-unsaturated/α-hetero) is 1. The smallest absolute Gasteiger partial charge is 0.165 e. The van der Waals surface area contributed by atoms with Gasteiger partial charge in [-0.2, -0.15) is 0 Å². The van der Waals surface area contributed by atoms with Gasteiger partial charge in [0.1, 0.15) is 0 Å². The number of aromatic nitrogens is 3. The Labute approximate surface area is 117 Å². The number of rotatable bonds is 3. The van der Waals surface area contributed by atoms with Crippen LogP contribution < -0.4 is 4.90 Å². The zero-order valence-electron chi connectivity index (χ0n) is 11.3. The average Bonchev–Trinajstić information content (AvgIpc) is 2.94. The molecule has 0 bridgehead atoms. The summed E-state index contributed by atoms with van der Waals surface area (Å²) in [5.74, 6) is 0.742. The van der Waals surface area contributed by atoms with E-state index in [0.717, 1.165) is 24.6 Å². The molecular weight excluding hydrogens is 256 g/mol. The van der Waals surface area contributed by atoms with Gasteiger partial charge in [-0.15, -0.1) is 5.10 Å². The number of hydrogen-bond donors (Lipinski definition) is 0. The second-order valence-corrected chi connectivity index (χ2v) is 4.68. The van der Waals surface area contributed by atoms with Gasteiger partial charge in [0.2, 0.25) is 0 Å². The summed E-state index contributed by atoms with van der Waals surface area (Å²) in [6.07, 6.45) is 5.20. The molecule has 20 heavy (non-hydrogen) atoms. The number of ketones is 1. The predicted molar refractivity (Wildman–Crippen MR) is 74.4 cm³/mol. The van der Waals surface area contributed by atoms with Crippen molar-refractivity contribution < 1.29 is 9.53 Å². The van der Waals surface area contributed by atoms with Crippen LogP contribution in [0.4, 0.5) is 5.82 Å². The first-order chi connectivity index (χ1) is 9.75. The summed E-state index contributed by atoms with van der Waals surface area (Å²) in [6.45, 7) is 4.40. The minimum Gasteiger partial charge on any atom is -0.378 e. The fourth-order valence-corrected chi connectivity index (χ4v) is 2.24. The minimum atomic E-state index is 0.0154. The fourth-order valence-electron chi connectivity index (χ4n) is 2.24. The Bertz CT molecular complexity index is 603. The van der Waals surface area contributed by atoms with Crippen LogP contribution in [0.1, 0.15) is 17.3 Å². The molecule has 1 fully saturated rings. The molecule has 6 nitrogen and oxygen atoms in total. The molecule has 0 aromatic carbocycles. The van der Waals surface area contributed by atoms with Crippen LogP contribution in [-0.4, -0.2) is 46.9 Å². The molecule has 0 spiro atoms. The Hall–Kier alpha value is -2.21. The summed E-state index contributed by atoms with van der Waals surface area (Å²) < 4.78 is 7.04. The zero-order chi connectivity index (χ0) is 13.9. The number of nitrogens with zero attached hydrogens (tertiary/aromatic N) is 4. The van der Waals surface area contributed by atoms with Crippen molar-refractivity contribution in [2.45, 2.75) is 6.92 Å². The van der Waals surface area contributed by atoms with Gasteiger partial charge in [-0.25, -0.2) is 4.68 Å². The standard InChI is InChI=1S/C14H16N4O2/c1-11(19)13-10-18(12-3-2-4-15-9-12)16-14(13)17-5-7-20-8-6-17/h2-4,9-10H,5-8H2,1H3. The van der Waals surface area contributed by atoms with Crippen LogP contribution in [-0.2, 0) is 4.74 Å². The van der Waals surface area contributed by atoms with Gasteiger partial charge in [0.15, 0.2) is 11.6 Å². The molecule has 0 radical (unpaired) electrons. The van der Waals surface area contributed by atoms with E-state index < -0.39 is 0 Å². The van der Waals surface area contributed by atoms with Crippen molar-refractivity contribution in [2.75, 3.05) is 31.2 Å². The lowest BCUT2D eigenvalue weighted by Crippen LogP contribution is -2.37. The molecule has 0 aliphatic carbocycles. The molecule has 6 heteroatoms. The van der Waals surface area contributed by atoms with Gasteiger partial charge in [0.05, 0.1) is 30.7 Å². The summed E-state index contributed by atoms with van der Waals surface area (Å²) in [6, 6.07) is 3.76. The quantitative estimate of drug-likeness (QED) is 0.788. The van der Waals surface area contributed by atoms with Gasteiger partial charge < -0.3 is 9.64 Å². The Morgan fingerprint density at radius 2 is 2.15 bits per heavy atom. The van der Waals surface area contributed by atoms with Crippen LogP contribution in [0.2, 0.25) is 0 Å².